The Hall–Kier alpha value is -0.700. The molecule has 0 N–H and O–H groups in total. The van der Waals surface area contributed by atoms with E-state index in [0.717, 1.165) is 19.7 Å². The molecule has 0 aliphatic heterocycles. The molecule has 0 radical (unpaired) electrons. The van der Waals surface area contributed by atoms with E-state index in [4.69, 9.17) is 4.74 Å². The number of nitrogens with zero attached hydrogens (tertiary/aromatic N) is 2. The Balaban J connectivity index is 4.06. The number of hydrogen-bond donors (Lipinski definition) is 0. The maximum Gasteiger partial charge on any atom is 0.0637 e. The predicted molar refractivity (Wildman–Crippen MR) is 56.6 cm³/mol. The Morgan fingerprint density at radius 3 is 2.38 bits per heavy atom. The number of ether oxygens (including phenoxy) is 1. The first-order valence-electron chi connectivity index (χ1n) is 4.70. The first-order chi connectivity index (χ1) is 6.11. The summed E-state index contributed by atoms with van der Waals surface area (Å²) in [5.74, 6) is 0. The topological polar surface area (TPSA) is 15.7 Å². The lowest BCUT2D eigenvalue weighted by atomic mass is 10.4. The molecule has 0 aromatic carbocycles. The van der Waals surface area contributed by atoms with Crippen LogP contribution in [-0.4, -0.2) is 50.7 Å². The molecule has 13 heavy (non-hydrogen) atoms. The van der Waals surface area contributed by atoms with E-state index in [0.29, 0.717) is 0 Å². The molecule has 0 heterocycles. The second-order valence-electron chi connectivity index (χ2n) is 3.31. The lowest BCUT2D eigenvalue weighted by molar-refractivity contribution is 0.165. The van der Waals surface area contributed by atoms with Gasteiger partial charge in [0.15, 0.2) is 0 Å². The molecule has 0 aliphatic carbocycles. The van der Waals surface area contributed by atoms with Crippen LogP contribution in [0.25, 0.3) is 0 Å². The van der Waals surface area contributed by atoms with Gasteiger partial charge in [-0.15, -0.1) is 0 Å². The van der Waals surface area contributed by atoms with Crippen molar-refractivity contribution in [1.82, 2.24) is 9.80 Å². The molecule has 78 valence electrons. The molecule has 0 spiro atoms. The van der Waals surface area contributed by atoms with Gasteiger partial charge in [0.2, 0.25) is 0 Å². The van der Waals surface area contributed by atoms with Crippen molar-refractivity contribution in [3.8, 4) is 0 Å². The van der Waals surface area contributed by atoms with Crippen molar-refractivity contribution < 1.29 is 4.74 Å². The van der Waals surface area contributed by atoms with E-state index in [9.17, 15) is 0 Å². The smallest absolute Gasteiger partial charge is 0.0637 e. The van der Waals surface area contributed by atoms with E-state index >= 15 is 0 Å². The molecular weight excluding hydrogens is 164 g/mol. The Kier molecular flexibility index (Phi) is 6.41. The molecule has 0 atom stereocenters. The largest absolute Gasteiger partial charge is 0.383 e. The van der Waals surface area contributed by atoms with Gasteiger partial charge in [-0.2, -0.15) is 0 Å². The Labute approximate surface area is 82.0 Å². The number of rotatable bonds is 6. The molecule has 0 aromatic heterocycles. The van der Waals surface area contributed by atoms with E-state index in [1.165, 1.54) is 5.70 Å². The van der Waals surface area contributed by atoms with Gasteiger partial charge in [-0.1, -0.05) is 0 Å². The van der Waals surface area contributed by atoms with Crippen LogP contribution >= 0.6 is 0 Å². The lowest BCUT2D eigenvalue weighted by Gasteiger charge is -2.24. The van der Waals surface area contributed by atoms with Crippen LogP contribution in [0.15, 0.2) is 11.9 Å². The van der Waals surface area contributed by atoms with Gasteiger partial charge in [0.25, 0.3) is 0 Å². The van der Waals surface area contributed by atoms with Crippen molar-refractivity contribution in [3.63, 3.8) is 0 Å². The molecule has 0 rings (SSSR count). The van der Waals surface area contributed by atoms with Crippen LogP contribution in [0.5, 0.6) is 0 Å². The van der Waals surface area contributed by atoms with Crippen molar-refractivity contribution in [2.75, 3.05) is 40.9 Å². The molecule has 0 fully saturated rings. The van der Waals surface area contributed by atoms with E-state index in [1.807, 2.05) is 14.1 Å². The number of hydrogen-bond acceptors (Lipinski definition) is 3. The van der Waals surface area contributed by atoms with E-state index < -0.39 is 0 Å². The van der Waals surface area contributed by atoms with Gasteiger partial charge in [0.1, 0.15) is 0 Å². The fraction of sp³-hybridized carbons (Fsp3) is 0.800. The Bertz CT molecular complexity index is 155. The Morgan fingerprint density at radius 1 is 1.38 bits per heavy atom. The molecule has 3 nitrogen and oxygen atoms in total. The maximum atomic E-state index is 5.05. The molecule has 0 saturated carbocycles. The average Bonchev–Trinajstić information content (AvgIpc) is 2.04. The van der Waals surface area contributed by atoms with Gasteiger partial charge < -0.3 is 14.5 Å². The second-order valence-corrected chi connectivity index (χ2v) is 3.31. The zero-order valence-electron chi connectivity index (χ0n) is 9.50. The standard InChI is InChI=1S/C10H22N2O/c1-6-12(7-8-13-5)10(2)9-11(3)4/h9H,6-8H2,1-5H3/b10-9+. The molecule has 3 heteroatoms. The van der Waals surface area contributed by atoms with Crippen molar-refractivity contribution in [2.45, 2.75) is 13.8 Å². The summed E-state index contributed by atoms with van der Waals surface area (Å²) in [5, 5.41) is 0. The minimum Gasteiger partial charge on any atom is -0.383 e. The molecule has 0 aromatic rings. The summed E-state index contributed by atoms with van der Waals surface area (Å²) >= 11 is 0. The number of allylic oxidation sites excluding steroid dienone is 1. The summed E-state index contributed by atoms with van der Waals surface area (Å²) in [6.07, 6.45) is 2.12. The van der Waals surface area contributed by atoms with Crippen LogP contribution < -0.4 is 0 Å². The normalized spacial score (nSPS) is 11.6. The highest BCUT2D eigenvalue weighted by Gasteiger charge is 2.01. The van der Waals surface area contributed by atoms with Crippen LogP contribution in [0, 0.1) is 0 Å². The third-order valence-electron chi connectivity index (χ3n) is 1.89. The van der Waals surface area contributed by atoms with Gasteiger partial charge >= 0.3 is 0 Å². The maximum absolute atomic E-state index is 5.05. The number of methoxy groups -OCH3 is 1. The van der Waals surface area contributed by atoms with Gasteiger partial charge in [-0.3, -0.25) is 0 Å². The number of likely N-dealkylation sites (N-methyl/N-ethyl adjacent to an activating group) is 1. The fourth-order valence-corrected chi connectivity index (χ4v) is 1.24. The monoisotopic (exact) mass is 186 g/mol. The van der Waals surface area contributed by atoms with Crippen LogP contribution in [0.2, 0.25) is 0 Å². The lowest BCUT2D eigenvalue weighted by Crippen LogP contribution is -2.26. The van der Waals surface area contributed by atoms with E-state index in [2.05, 4.69) is 29.8 Å². The van der Waals surface area contributed by atoms with Gasteiger partial charge in [0.05, 0.1) is 6.61 Å². The van der Waals surface area contributed by atoms with Crippen LogP contribution in [0.1, 0.15) is 13.8 Å². The predicted octanol–water partition coefficient (Wildman–Crippen LogP) is 1.38. The molecule has 0 aliphatic rings. The summed E-state index contributed by atoms with van der Waals surface area (Å²) in [6, 6.07) is 0. The second kappa shape index (κ2) is 6.78. The summed E-state index contributed by atoms with van der Waals surface area (Å²) in [7, 11) is 5.81. The highest BCUT2D eigenvalue weighted by molar-refractivity contribution is 4.95. The molecule has 0 saturated heterocycles. The minimum atomic E-state index is 0.784. The van der Waals surface area contributed by atoms with E-state index in [1.54, 1.807) is 7.11 Å². The Morgan fingerprint density at radius 2 is 2.00 bits per heavy atom. The summed E-state index contributed by atoms with van der Waals surface area (Å²) < 4.78 is 5.05. The van der Waals surface area contributed by atoms with Gasteiger partial charge in [-0.05, 0) is 13.8 Å². The SMILES string of the molecule is CCN(CCOC)/C(C)=C/N(C)C. The zero-order chi connectivity index (χ0) is 10.3. The first-order valence-corrected chi connectivity index (χ1v) is 4.70. The van der Waals surface area contributed by atoms with E-state index in [-0.39, 0.29) is 0 Å². The van der Waals surface area contributed by atoms with Gasteiger partial charge in [0, 0.05) is 46.2 Å². The summed E-state index contributed by atoms with van der Waals surface area (Å²) in [4.78, 5) is 4.36. The highest BCUT2D eigenvalue weighted by Crippen LogP contribution is 2.02. The van der Waals surface area contributed by atoms with Gasteiger partial charge in [-0.25, -0.2) is 0 Å². The third kappa shape index (κ3) is 5.53. The molecule has 0 amide bonds. The van der Waals surface area contributed by atoms with Crippen LogP contribution in [0.3, 0.4) is 0 Å². The van der Waals surface area contributed by atoms with Crippen molar-refractivity contribution in [3.05, 3.63) is 11.9 Å². The highest BCUT2D eigenvalue weighted by atomic mass is 16.5. The average molecular weight is 186 g/mol. The molecule has 0 unspecified atom stereocenters. The van der Waals surface area contributed by atoms with Crippen molar-refractivity contribution in [2.24, 2.45) is 0 Å². The zero-order valence-corrected chi connectivity index (χ0v) is 9.50. The molecule has 0 bridgehead atoms. The fourth-order valence-electron chi connectivity index (χ4n) is 1.24. The summed E-state index contributed by atoms with van der Waals surface area (Å²) in [5.41, 5.74) is 1.28. The van der Waals surface area contributed by atoms with Crippen LogP contribution in [-0.2, 0) is 4.74 Å². The quantitative estimate of drug-likeness (QED) is 0.623. The van der Waals surface area contributed by atoms with Crippen molar-refractivity contribution in [1.29, 1.82) is 0 Å². The minimum absolute atomic E-state index is 0.784. The summed E-state index contributed by atoms with van der Waals surface area (Å²) in [6.45, 7) is 7.05. The van der Waals surface area contributed by atoms with Crippen molar-refractivity contribution >= 4 is 0 Å². The first kappa shape index (κ1) is 12.3. The van der Waals surface area contributed by atoms with Crippen LogP contribution in [0.4, 0.5) is 0 Å². The molecular formula is C10H22N2O. The third-order valence-corrected chi connectivity index (χ3v) is 1.89.